The molecule has 0 aliphatic heterocycles. The second-order valence-electron chi connectivity index (χ2n) is 1.79. The van der Waals surface area contributed by atoms with Gasteiger partial charge in [0.05, 0.1) is 12.2 Å². The number of hydrogen-bond donors (Lipinski definition) is 3. The third-order valence-electron chi connectivity index (χ3n) is 0.938. The summed E-state index contributed by atoms with van der Waals surface area (Å²) >= 11 is 13.1. The van der Waals surface area contributed by atoms with E-state index in [0.717, 1.165) is 0 Å². The molecule has 6 heteroatoms. The molecule has 0 aromatic rings. The van der Waals surface area contributed by atoms with Crippen molar-refractivity contribution in [1.29, 1.82) is 0 Å². The van der Waals surface area contributed by atoms with Crippen LogP contribution in [-0.4, -0.2) is 33.9 Å². The molecule has 0 aliphatic rings. The molecule has 0 aromatic heterocycles. The number of hydrogen-bond acceptors (Lipinski definition) is 6. The van der Waals surface area contributed by atoms with E-state index >= 15 is 0 Å². The Labute approximate surface area is 76.9 Å². The maximum absolute atomic E-state index is 9.06. The van der Waals surface area contributed by atoms with Crippen LogP contribution in [0.4, 0.5) is 0 Å². The highest BCUT2D eigenvalue weighted by Crippen LogP contribution is 1.95. The lowest BCUT2D eigenvalue weighted by atomic mass is 10.3. The second-order valence-corrected chi connectivity index (χ2v) is 6.14. The number of aliphatic hydroxyl groups is 2. The van der Waals surface area contributed by atoms with Crippen molar-refractivity contribution in [2.75, 3.05) is 11.5 Å². The molecule has 0 bridgehead atoms. The van der Waals surface area contributed by atoms with E-state index < -0.39 is 20.2 Å². The molecular weight excluding hydrogens is 208 g/mol. The molecule has 2 unspecified atom stereocenters. The van der Waals surface area contributed by atoms with Gasteiger partial charge in [-0.15, -0.1) is 0 Å². The number of rotatable bonds is 4. The fourth-order valence-corrected chi connectivity index (χ4v) is 1.95. The van der Waals surface area contributed by atoms with Crippen molar-refractivity contribution in [2.45, 2.75) is 12.2 Å². The smallest absolute Gasteiger partial charge is 0.0869 e. The first-order chi connectivity index (χ1) is 4.57. The quantitative estimate of drug-likeness (QED) is 0.425. The highest BCUT2D eigenvalue weighted by atomic mass is 33.1. The molecule has 0 fully saturated rings. The van der Waals surface area contributed by atoms with Gasteiger partial charge in [-0.2, -0.15) is 12.6 Å². The van der Waals surface area contributed by atoms with Crippen molar-refractivity contribution >= 4 is 43.0 Å². The molecule has 2 nitrogen and oxygen atoms in total. The average molecular weight is 217 g/mol. The Balaban J connectivity index is 3.71. The molecule has 0 radical (unpaired) electrons. The van der Waals surface area contributed by atoms with Crippen LogP contribution in [0.25, 0.3) is 0 Å². The van der Waals surface area contributed by atoms with Gasteiger partial charge in [-0.3, -0.25) is 22.4 Å². The van der Waals surface area contributed by atoms with Crippen LogP contribution in [0.5, 0.6) is 0 Å². The van der Waals surface area contributed by atoms with Crippen LogP contribution in [0, 0.1) is 0 Å². The Morgan fingerprint density at radius 1 is 1.30 bits per heavy atom. The van der Waals surface area contributed by atoms with Gasteiger partial charge >= 0.3 is 0 Å². The van der Waals surface area contributed by atoms with Crippen LogP contribution < -0.4 is 0 Å². The number of aliphatic hydroxyl groups excluding tert-OH is 2. The first kappa shape index (κ1) is 11.1. The summed E-state index contributed by atoms with van der Waals surface area (Å²) in [6.45, 7) is 0. The summed E-state index contributed by atoms with van der Waals surface area (Å²) in [6.07, 6.45) is -1.61. The van der Waals surface area contributed by atoms with Crippen LogP contribution in [0.1, 0.15) is 0 Å². The van der Waals surface area contributed by atoms with Gasteiger partial charge in [0.2, 0.25) is 0 Å². The Hall–Kier alpha value is 1.06. The largest absolute Gasteiger partial charge is 0.392 e. The molecule has 0 saturated carbocycles. The van der Waals surface area contributed by atoms with E-state index in [2.05, 4.69) is 35.0 Å². The predicted octanol–water partition coefficient (Wildman–Crippen LogP) is -0.820. The highest BCUT2D eigenvalue weighted by Gasteiger charge is 2.09. The van der Waals surface area contributed by atoms with Gasteiger partial charge < -0.3 is 18.2 Å². The van der Waals surface area contributed by atoms with Gasteiger partial charge in [-0.05, 0) is 0 Å². The Kier molecular flexibility index (Phi) is 6.28. The van der Waals surface area contributed by atoms with Crippen molar-refractivity contribution in [3.05, 3.63) is 0 Å². The molecule has 0 saturated heterocycles. The fourth-order valence-electron chi connectivity index (χ4n) is 0.372. The molecular formula is C4H9O2S4-. The summed E-state index contributed by atoms with van der Waals surface area (Å²) in [5.74, 6) is 0.537. The minimum absolute atomic E-state index is 0.239. The molecule has 10 heavy (non-hydrogen) atoms. The van der Waals surface area contributed by atoms with Gasteiger partial charge in [0, 0.05) is 5.75 Å². The third-order valence-corrected chi connectivity index (χ3v) is 2.74. The summed E-state index contributed by atoms with van der Waals surface area (Å²) in [6, 6.07) is 0. The van der Waals surface area contributed by atoms with Gasteiger partial charge in [-0.1, -0.05) is 5.75 Å². The predicted molar refractivity (Wildman–Crippen MR) is 52.8 cm³/mol. The van der Waals surface area contributed by atoms with Crippen LogP contribution >= 0.6 is 12.6 Å². The van der Waals surface area contributed by atoms with E-state index in [0.29, 0.717) is 5.75 Å². The molecule has 62 valence electrons. The van der Waals surface area contributed by atoms with E-state index in [1.165, 1.54) is 0 Å². The van der Waals surface area contributed by atoms with Gasteiger partial charge in [0.15, 0.2) is 0 Å². The molecule has 0 heterocycles. The Morgan fingerprint density at radius 2 is 1.80 bits per heavy atom. The van der Waals surface area contributed by atoms with Crippen molar-refractivity contribution in [3.63, 3.8) is 0 Å². The van der Waals surface area contributed by atoms with Crippen molar-refractivity contribution in [3.8, 4) is 0 Å². The molecule has 0 amide bonds. The third kappa shape index (κ3) is 4.81. The van der Waals surface area contributed by atoms with Gasteiger partial charge in [-0.25, -0.2) is 0 Å². The van der Waals surface area contributed by atoms with Crippen LogP contribution in [-0.2, 0) is 30.4 Å². The normalized spacial score (nSPS) is 17.2. The van der Waals surface area contributed by atoms with E-state index in [1.54, 1.807) is 0 Å². The van der Waals surface area contributed by atoms with Crippen LogP contribution in [0.2, 0.25) is 0 Å². The lowest BCUT2D eigenvalue weighted by Gasteiger charge is -2.17. The molecule has 0 aromatic carbocycles. The Bertz CT molecular complexity index is 147. The van der Waals surface area contributed by atoms with Crippen molar-refractivity contribution in [2.24, 2.45) is 0 Å². The minimum atomic E-state index is -0.809. The molecule has 2 N–H and O–H groups in total. The zero-order valence-electron chi connectivity index (χ0n) is 5.14. The maximum Gasteiger partial charge on any atom is 0.0869 e. The fraction of sp³-hybridized carbons (Fsp3) is 1.00. The van der Waals surface area contributed by atoms with Crippen LogP contribution in [0.3, 0.4) is 0 Å². The molecule has 0 spiro atoms. The Morgan fingerprint density at radius 3 is 2.10 bits per heavy atom. The van der Waals surface area contributed by atoms with E-state index in [9.17, 15) is 0 Å². The summed E-state index contributed by atoms with van der Waals surface area (Å²) in [7, 11) is -0.645. The SMILES string of the molecule is OC(CS)C(O)C[S-](=S)=S. The molecule has 0 aliphatic carbocycles. The first-order valence-corrected chi connectivity index (χ1v) is 6.48. The highest BCUT2D eigenvalue weighted by molar-refractivity contribution is 8.46. The molecule has 2 atom stereocenters. The van der Waals surface area contributed by atoms with Gasteiger partial charge in [0.25, 0.3) is 0 Å². The average Bonchev–Trinajstić information content (AvgIpc) is 1.85. The monoisotopic (exact) mass is 217 g/mol. The lowest BCUT2D eigenvalue weighted by Crippen LogP contribution is -2.30. The van der Waals surface area contributed by atoms with Crippen molar-refractivity contribution in [1.82, 2.24) is 0 Å². The summed E-state index contributed by atoms with van der Waals surface area (Å²) in [5.41, 5.74) is 0. The lowest BCUT2D eigenvalue weighted by molar-refractivity contribution is 0.0502. The van der Waals surface area contributed by atoms with Gasteiger partial charge in [0.1, 0.15) is 0 Å². The second kappa shape index (κ2) is 5.68. The number of thiol groups is 1. The maximum atomic E-state index is 9.06. The first-order valence-electron chi connectivity index (χ1n) is 2.60. The summed E-state index contributed by atoms with van der Waals surface area (Å²) in [4.78, 5) is 0. The zero-order chi connectivity index (χ0) is 8.15. The summed E-state index contributed by atoms with van der Waals surface area (Å²) < 4.78 is 0. The van der Waals surface area contributed by atoms with Crippen molar-refractivity contribution < 1.29 is 10.2 Å². The van der Waals surface area contributed by atoms with E-state index in [-0.39, 0.29) is 5.75 Å². The van der Waals surface area contributed by atoms with E-state index in [4.69, 9.17) is 10.2 Å². The minimum Gasteiger partial charge on any atom is -0.392 e. The zero-order valence-corrected chi connectivity index (χ0v) is 8.48. The summed E-state index contributed by atoms with van der Waals surface area (Å²) in [5, 5.41) is 18.0. The topological polar surface area (TPSA) is 40.5 Å². The standard InChI is InChI=1S/C4H9O2S4/c5-3(1-7)4(6)2-10(8)9/h3-7H,1-2H2/q-1. The van der Waals surface area contributed by atoms with E-state index in [1.807, 2.05) is 0 Å². The van der Waals surface area contributed by atoms with Crippen LogP contribution in [0.15, 0.2) is 0 Å². The molecule has 0 rings (SSSR count).